The fourth-order valence-corrected chi connectivity index (χ4v) is 1.05. The van der Waals surface area contributed by atoms with Crippen molar-refractivity contribution in [2.45, 2.75) is 18.9 Å². The van der Waals surface area contributed by atoms with Crippen LogP contribution < -0.4 is 5.73 Å². The van der Waals surface area contributed by atoms with E-state index < -0.39 is 18.6 Å². The first-order valence-electron chi connectivity index (χ1n) is 4.15. The highest BCUT2D eigenvalue weighted by Crippen LogP contribution is 2.27. The smallest absolute Gasteiger partial charge is 0.291 e. The van der Waals surface area contributed by atoms with E-state index in [1.165, 1.54) is 6.07 Å². The van der Waals surface area contributed by atoms with Crippen molar-refractivity contribution in [3.05, 3.63) is 29.6 Å². The van der Waals surface area contributed by atoms with Crippen molar-refractivity contribution in [3.8, 4) is 0 Å². The molecule has 86 valence electrons. The van der Waals surface area contributed by atoms with E-state index in [0.717, 1.165) is 0 Å². The minimum atomic E-state index is -3.33. The number of pyridine rings is 1. The molecule has 1 rings (SSSR count). The zero-order valence-corrected chi connectivity index (χ0v) is 8.97. The summed E-state index contributed by atoms with van der Waals surface area (Å²) < 4.78 is 25.9. The zero-order chi connectivity index (χ0) is 10.8. The second-order valence-corrected chi connectivity index (χ2v) is 3.10. The third-order valence-corrected chi connectivity index (χ3v) is 1.89. The van der Waals surface area contributed by atoms with Crippen LogP contribution >= 0.6 is 12.4 Å². The van der Waals surface area contributed by atoms with Crippen LogP contribution in [0.5, 0.6) is 0 Å². The maximum absolute atomic E-state index is 12.9. The van der Waals surface area contributed by atoms with Gasteiger partial charge in [-0.3, -0.25) is 4.98 Å². The van der Waals surface area contributed by atoms with Crippen molar-refractivity contribution >= 4 is 12.4 Å². The number of hydrogen-bond acceptors (Lipinski definition) is 3. The average Bonchev–Trinajstić information content (AvgIpc) is 2.16. The van der Waals surface area contributed by atoms with Gasteiger partial charge in [0.05, 0.1) is 5.69 Å². The van der Waals surface area contributed by atoms with E-state index in [0.29, 0.717) is 5.69 Å². The van der Waals surface area contributed by atoms with E-state index in [4.69, 9.17) is 10.8 Å². The largest absolute Gasteiger partial charge is 0.390 e. The molecule has 0 radical (unpaired) electrons. The van der Waals surface area contributed by atoms with Gasteiger partial charge in [0.1, 0.15) is 12.6 Å². The lowest BCUT2D eigenvalue weighted by atomic mass is 10.1. The van der Waals surface area contributed by atoms with Crippen LogP contribution in [0.4, 0.5) is 8.78 Å². The fraction of sp³-hybridized carbons (Fsp3) is 0.444. The number of hydrogen-bond donors (Lipinski definition) is 2. The molecule has 1 aromatic heterocycles. The Balaban J connectivity index is 0.00000196. The van der Waals surface area contributed by atoms with E-state index in [-0.39, 0.29) is 18.1 Å². The summed E-state index contributed by atoms with van der Waals surface area (Å²) in [5.74, 6) is -3.33. The fourth-order valence-electron chi connectivity index (χ4n) is 1.05. The number of nitrogens with two attached hydrogens (primary N) is 1. The minimum absolute atomic E-state index is 0. The Morgan fingerprint density at radius 1 is 1.53 bits per heavy atom. The standard InChI is InChI=1S/C9H12F2N2O.ClH/c1-6-3-2-4-7(13-6)8(12)9(10,11)5-14;/h2-4,8,14H,5,12H2,1H3;1H/t8-;/m1./s1. The van der Waals surface area contributed by atoms with Crippen LogP contribution in [-0.4, -0.2) is 22.6 Å². The molecule has 0 aromatic carbocycles. The summed E-state index contributed by atoms with van der Waals surface area (Å²) in [5, 5.41) is 8.44. The predicted molar refractivity (Wildman–Crippen MR) is 55.2 cm³/mol. The Morgan fingerprint density at radius 2 is 2.13 bits per heavy atom. The summed E-state index contributed by atoms with van der Waals surface area (Å²) in [4.78, 5) is 3.87. The van der Waals surface area contributed by atoms with Crippen LogP contribution in [0.15, 0.2) is 18.2 Å². The molecule has 3 N–H and O–H groups in total. The quantitative estimate of drug-likeness (QED) is 0.838. The predicted octanol–water partition coefficient (Wildman–Crippen LogP) is 1.44. The molecule has 0 saturated heterocycles. The summed E-state index contributed by atoms with van der Waals surface area (Å²) in [6, 6.07) is 3.15. The molecule has 1 heterocycles. The van der Waals surface area contributed by atoms with Gasteiger partial charge >= 0.3 is 0 Å². The van der Waals surface area contributed by atoms with E-state index in [9.17, 15) is 8.78 Å². The van der Waals surface area contributed by atoms with Crippen LogP contribution in [0, 0.1) is 6.92 Å². The average molecular weight is 239 g/mol. The summed E-state index contributed by atoms with van der Waals surface area (Å²) in [6.07, 6.45) is 0. The van der Waals surface area contributed by atoms with Crippen molar-refractivity contribution < 1.29 is 13.9 Å². The van der Waals surface area contributed by atoms with E-state index in [1.54, 1.807) is 19.1 Å². The third-order valence-electron chi connectivity index (χ3n) is 1.89. The number of aliphatic hydroxyl groups excluding tert-OH is 1. The van der Waals surface area contributed by atoms with Gasteiger partial charge in [-0.15, -0.1) is 12.4 Å². The molecule has 0 fully saturated rings. The van der Waals surface area contributed by atoms with Crippen molar-refractivity contribution in [3.63, 3.8) is 0 Å². The second kappa shape index (κ2) is 5.34. The molecule has 15 heavy (non-hydrogen) atoms. The van der Waals surface area contributed by atoms with Gasteiger partial charge in [-0.05, 0) is 19.1 Å². The maximum Gasteiger partial charge on any atom is 0.291 e. The van der Waals surface area contributed by atoms with E-state index >= 15 is 0 Å². The summed E-state index contributed by atoms with van der Waals surface area (Å²) in [7, 11) is 0. The first-order valence-corrected chi connectivity index (χ1v) is 4.15. The molecule has 0 aliphatic rings. The number of halogens is 3. The molecule has 0 amide bonds. The Hall–Kier alpha value is -0.780. The van der Waals surface area contributed by atoms with E-state index in [2.05, 4.69) is 4.98 Å². The first-order chi connectivity index (χ1) is 6.47. The molecule has 0 saturated carbocycles. The van der Waals surface area contributed by atoms with Crippen LogP contribution in [0.3, 0.4) is 0 Å². The Labute approximate surface area is 92.7 Å². The van der Waals surface area contributed by atoms with Crippen molar-refractivity contribution in [2.75, 3.05) is 6.61 Å². The number of alkyl halides is 2. The molecule has 0 aliphatic heterocycles. The highest BCUT2D eigenvalue weighted by molar-refractivity contribution is 5.85. The highest BCUT2D eigenvalue weighted by Gasteiger charge is 2.38. The molecule has 0 aliphatic carbocycles. The van der Waals surface area contributed by atoms with Gasteiger partial charge in [-0.1, -0.05) is 6.07 Å². The van der Waals surface area contributed by atoms with Gasteiger partial charge in [0.25, 0.3) is 5.92 Å². The second-order valence-electron chi connectivity index (χ2n) is 3.10. The molecule has 3 nitrogen and oxygen atoms in total. The Morgan fingerprint density at radius 3 is 2.60 bits per heavy atom. The molecular weight excluding hydrogens is 226 g/mol. The van der Waals surface area contributed by atoms with Gasteiger partial charge in [0.2, 0.25) is 0 Å². The molecular formula is C9H13ClF2N2O. The summed E-state index contributed by atoms with van der Waals surface area (Å²) >= 11 is 0. The summed E-state index contributed by atoms with van der Waals surface area (Å²) in [5.41, 5.74) is 5.98. The number of aromatic nitrogens is 1. The normalized spacial score (nSPS) is 13.1. The van der Waals surface area contributed by atoms with Crippen molar-refractivity contribution in [1.82, 2.24) is 4.98 Å². The Kier molecular flexibility index (Phi) is 5.07. The van der Waals surface area contributed by atoms with Crippen LogP contribution in [0.2, 0.25) is 0 Å². The first kappa shape index (κ1) is 14.2. The van der Waals surface area contributed by atoms with Crippen molar-refractivity contribution in [1.29, 1.82) is 0 Å². The van der Waals surface area contributed by atoms with Crippen LogP contribution in [-0.2, 0) is 0 Å². The van der Waals surface area contributed by atoms with Gasteiger partial charge in [-0.2, -0.15) is 0 Å². The van der Waals surface area contributed by atoms with Gasteiger partial charge < -0.3 is 10.8 Å². The van der Waals surface area contributed by atoms with E-state index in [1.807, 2.05) is 0 Å². The topological polar surface area (TPSA) is 59.1 Å². The van der Waals surface area contributed by atoms with Gasteiger partial charge in [0, 0.05) is 5.69 Å². The van der Waals surface area contributed by atoms with Crippen molar-refractivity contribution in [2.24, 2.45) is 5.73 Å². The monoisotopic (exact) mass is 238 g/mol. The highest BCUT2D eigenvalue weighted by atomic mass is 35.5. The number of rotatable bonds is 3. The SMILES string of the molecule is Cc1cccc([C@@H](N)C(F)(F)CO)n1.Cl. The molecule has 1 aromatic rings. The molecule has 0 spiro atoms. The minimum Gasteiger partial charge on any atom is -0.390 e. The molecule has 0 bridgehead atoms. The summed E-state index contributed by atoms with van der Waals surface area (Å²) in [6.45, 7) is 0.414. The number of aliphatic hydroxyl groups is 1. The van der Waals surface area contributed by atoms with Crippen LogP contribution in [0.1, 0.15) is 17.4 Å². The molecule has 6 heteroatoms. The number of aryl methyl sites for hydroxylation is 1. The third kappa shape index (κ3) is 3.37. The molecule has 1 atom stereocenters. The van der Waals surface area contributed by atoms with Gasteiger partial charge in [-0.25, -0.2) is 8.78 Å². The maximum atomic E-state index is 12.9. The molecule has 0 unspecified atom stereocenters. The van der Waals surface area contributed by atoms with Crippen LogP contribution in [0.25, 0.3) is 0 Å². The van der Waals surface area contributed by atoms with Gasteiger partial charge in [0.15, 0.2) is 0 Å². The lowest BCUT2D eigenvalue weighted by molar-refractivity contribution is -0.0721. The lowest BCUT2D eigenvalue weighted by Gasteiger charge is -2.20. The zero-order valence-electron chi connectivity index (χ0n) is 8.15. The lowest BCUT2D eigenvalue weighted by Crippen LogP contribution is -2.36. The Bertz CT molecular complexity index is 323. The number of nitrogens with zero attached hydrogens (tertiary/aromatic N) is 1.